The van der Waals surface area contributed by atoms with Crippen LogP contribution in [0.2, 0.25) is 0 Å². The molecule has 3 nitrogen and oxygen atoms in total. The molecule has 0 aromatic rings. The molecule has 0 spiro atoms. The number of hydrogen-bond acceptors (Lipinski definition) is 3. The lowest BCUT2D eigenvalue weighted by molar-refractivity contribution is 0.136. The zero-order chi connectivity index (χ0) is 13.6. The van der Waals surface area contributed by atoms with Crippen LogP contribution in [0.25, 0.3) is 0 Å². The lowest BCUT2D eigenvalue weighted by Gasteiger charge is -2.35. The summed E-state index contributed by atoms with van der Waals surface area (Å²) < 4.78 is 0. The van der Waals surface area contributed by atoms with Gasteiger partial charge in [-0.15, -0.1) is 0 Å². The third-order valence-corrected chi connectivity index (χ3v) is 4.13. The largest absolute Gasteiger partial charge is 0.316 e. The molecule has 18 heavy (non-hydrogen) atoms. The van der Waals surface area contributed by atoms with E-state index in [-0.39, 0.29) is 0 Å². The summed E-state index contributed by atoms with van der Waals surface area (Å²) in [5.41, 5.74) is 0.529. The van der Waals surface area contributed by atoms with Crippen molar-refractivity contribution in [3.63, 3.8) is 0 Å². The summed E-state index contributed by atoms with van der Waals surface area (Å²) in [4.78, 5) is 4.97. The molecule has 0 amide bonds. The second-order valence-corrected chi connectivity index (χ2v) is 6.71. The fraction of sp³-hybridized carbons (Fsp3) is 1.00. The maximum atomic E-state index is 3.55. The quantitative estimate of drug-likeness (QED) is 0.714. The Morgan fingerprint density at radius 3 is 2.39 bits per heavy atom. The highest BCUT2D eigenvalue weighted by Crippen LogP contribution is 2.30. The molecule has 1 aliphatic heterocycles. The van der Waals surface area contributed by atoms with Gasteiger partial charge in [-0.25, -0.2) is 0 Å². The van der Waals surface area contributed by atoms with Crippen LogP contribution < -0.4 is 5.32 Å². The van der Waals surface area contributed by atoms with Crippen LogP contribution in [0.1, 0.15) is 33.6 Å². The number of rotatable bonds is 8. The summed E-state index contributed by atoms with van der Waals surface area (Å²) in [5.74, 6) is 0.760. The maximum absolute atomic E-state index is 3.55. The molecule has 1 saturated heterocycles. The van der Waals surface area contributed by atoms with E-state index in [0.29, 0.717) is 5.41 Å². The van der Waals surface area contributed by atoms with Crippen LogP contribution >= 0.6 is 0 Å². The van der Waals surface area contributed by atoms with Gasteiger partial charge >= 0.3 is 0 Å². The van der Waals surface area contributed by atoms with Crippen LogP contribution in [-0.4, -0.2) is 63.2 Å². The van der Waals surface area contributed by atoms with Crippen molar-refractivity contribution in [3.05, 3.63) is 0 Å². The minimum absolute atomic E-state index is 0.529. The van der Waals surface area contributed by atoms with Crippen molar-refractivity contribution in [2.24, 2.45) is 11.3 Å². The van der Waals surface area contributed by atoms with E-state index in [9.17, 15) is 0 Å². The number of hydrogen-bond donors (Lipinski definition) is 1. The average molecular weight is 255 g/mol. The van der Waals surface area contributed by atoms with Gasteiger partial charge in [0.05, 0.1) is 0 Å². The Morgan fingerprint density at radius 1 is 1.22 bits per heavy atom. The molecule has 3 heteroatoms. The number of nitrogens with one attached hydrogen (secondary N) is 1. The van der Waals surface area contributed by atoms with E-state index in [0.717, 1.165) is 5.92 Å². The topological polar surface area (TPSA) is 18.5 Å². The summed E-state index contributed by atoms with van der Waals surface area (Å²) in [7, 11) is 4.33. The molecule has 1 fully saturated rings. The van der Waals surface area contributed by atoms with E-state index in [2.05, 4.69) is 50.0 Å². The highest BCUT2D eigenvalue weighted by atomic mass is 15.2. The Balaban J connectivity index is 2.52. The first-order valence-corrected chi connectivity index (χ1v) is 7.55. The smallest absolute Gasteiger partial charge is 0.0109 e. The van der Waals surface area contributed by atoms with Crippen molar-refractivity contribution in [2.45, 2.75) is 33.6 Å². The van der Waals surface area contributed by atoms with Crippen molar-refractivity contribution in [1.29, 1.82) is 0 Å². The summed E-state index contributed by atoms with van der Waals surface area (Å²) in [6.45, 7) is 14.3. The van der Waals surface area contributed by atoms with Crippen LogP contribution in [-0.2, 0) is 0 Å². The minimum atomic E-state index is 0.529. The molecule has 0 radical (unpaired) electrons. The summed E-state index contributed by atoms with van der Waals surface area (Å²) >= 11 is 0. The zero-order valence-corrected chi connectivity index (χ0v) is 13.1. The van der Waals surface area contributed by atoms with Gasteiger partial charge in [0, 0.05) is 32.7 Å². The van der Waals surface area contributed by atoms with Gasteiger partial charge in [0.2, 0.25) is 0 Å². The van der Waals surface area contributed by atoms with Crippen LogP contribution in [0.15, 0.2) is 0 Å². The molecule has 1 rings (SSSR count). The number of likely N-dealkylation sites (N-methyl/N-ethyl adjacent to an activating group) is 1. The molecular formula is C15H33N3. The Bertz CT molecular complexity index is 220. The van der Waals surface area contributed by atoms with E-state index in [1.807, 2.05) is 0 Å². The molecular weight excluding hydrogens is 222 g/mol. The van der Waals surface area contributed by atoms with Gasteiger partial charge in [-0.05, 0) is 44.8 Å². The fourth-order valence-corrected chi connectivity index (χ4v) is 2.91. The molecule has 0 aromatic carbocycles. The average Bonchev–Trinajstić information content (AvgIpc) is 2.74. The third-order valence-electron chi connectivity index (χ3n) is 4.13. The van der Waals surface area contributed by atoms with E-state index < -0.39 is 0 Å². The highest BCUT2D eigenvalue weighted by Gasteiger charge is 2.33. The van der Waals surface area contributed by atoms with Gasteiger partial charge in [0.25, 0.3) is 0 Å². The molecule has 1 aliphatic rings. The second-order valence-electron chi connectivity index (χ2n) is 6.71. The van der Waals surface area contributed by atoms with Crippen molar-refractivity contribution in [3.8, 4) is 0 Å². The van der Waals surface area contributed by atoms with Gasteiger partial charge in [-0.3, -0.25) is 0 Å². The summed E-state index contributed by atoms with van der Waals surface area (Å²) in [6, 6.07) is 0. The Hall–Kier alpha value is -0.120. The Labute approximate surface area is 114 Å². The monoisotopic (exact) mass is 255 g/mol. The minimum Gasteiger partial charge on any atom is -0.316 e. The van der Waals surface area contributed by atoms with Gasteiger partial charge in [0.1, 0.15) is 0 Å². The van der Waals surface area contributed by atoms with Crippen molar-refractivity contribution < 1.29 is 0 Å². The molecule has 1 N–H and O–H groups in total. The third kappa shape index (κ3) is 5.25. The molecule has 108 valence electrons. The van der Waals surface area contributed by atoms with E-state index in [1.165, 1.54) is 52.1 Å². The van der Waals surface area contributed by atoms with Crippen molar-refractivity contribution in [2.75, 3.05) is 53.4 Å². The molecule has 0 aliphatic carbocycles. The first-order valence-electron chi connectivity index (χ1n) is 7.55. The lowest BCUT2D eigenvalue weighted by atomic mass is 9.83. The van der Waals surface area contributed by atoms with Gasteiger partial charge in [0.15, 0.2) is 0 Å². The van der Waals surface area contributed by atoms with Crippen LogP contribution in [0.5, 0.6) is 0 Å². The SMILES string of the molecule is CCC1(CN(CCN(C)C)CC(C)C)CCNC1. The standard InChI is InChI=1S/C15H33N3/c1-6-15(7-8-16-12-15)13-18(11-14(2)3)10-9-17(4)5/h14,16H,6-13H2,1-5H3. The van der Waals surface area contributed by atoms with E-state index in [4.69, 9.17) is 0 Å². The second kappa shape index (κ2) is 7.46. The predicted octanol–water partition coefficient (Wildman–Crippen LogP) is 1.90. The normalized spacial score (nSPS) is 24.7. The maximum Gasteiger partial charge on any atom is 0.0109 e. The van der Waals surface area contributed by atoms with E-state index in [1.54, 1.807) is 0 Å². The Morgan fingerprint density at radius 2 is 1.94 bits per heavy atom. The van der Waals surface area contributed by atoms with Gasteiger partial charge in [-0.2, -0.15) is 0 Å². The summed E-state index contributed by atoms with van der Waals surface area (Å²) in [5, 5.41) is 3.55. The molecule has 1 heterocycles. The van der Waals surface area contributed by atoms with Crippen molar-refractivity contribution in [1.82, 2.24) is 15.1 Å². The Kier molecular flexibility index (Phi) is 6.61. The predicted molar refractivity (Wildman–Crippen MR) is 80.0 cm³/mol. The molecule has 1 unspecified atom stereocenters. The highest BCUT2D eigenvalue weighted by molar-refractivity contribution is 4.89. The van der Waals surface area contributed by atoms with Crippen molar-refractivity contribution >= 4 is 0 Å². The van der Waals surface area contributed by atoms with E-state index >= 15 is 0 Å². The van der Waals surface area contributed by atoms with Gasteiger partial charge < -0.3 is 15.1 Å². The molecule has 0 bridgehead atoms. The van der Waals surface area contributed by atoms with Crippen LogP contribution in [0.4, 0.5) is 0 Å². The van der Waals surface area contributed by atoms with Crippen LogP contribution in [0, 0.1) is 11.3 Å². The lowest BCUT2D eigenvalue weighted by Crippen LogP contribution is -2.43. The zero-order valence-electron chi connectivity index (χ0n) is 13.1. The first kappa shape index (κ1) is 15.9. The summed E-state index contributed by atoms with van der Waals surface area (Å²) in [6.07, 6.45) is 2.65. The first-order chi connectivity index (χ1) is 8.47. The number of nitrogens with zero attached hydrogens (tertiary/aromatic N) is 2. The fourth-order valence-electron chi connectivity index (χ4n) is 2.91. The molecule has 0 saturated carbocycles. The molecule has 1 atom stereocenters. The van der Waals surface area contributed by atoms with Gasteiger partial charge in [-0.1, -0.05) is 20.8 Å². The molecule has 0 aromatic heterocycles. The van der Waals surface area contributed by atoms with Crippen LogP contribution in [0.3, 0.4) is 0 Å².